The molecule has 1 aliphatic rings. The van der Waals surface area contributed by atoms with Gasteiger partial charge in [-0.25, -0.2) is 4.39 Å². The summed E-state index contributed by atoms with van der Waals surface area (Å²) in [7, 11) is 2.12. The number of benzene rings is 1. The third-order valence-electron chi connectivity index (χ3n) is 4.58. The van der Waals surface area contributed by atoms with Crippen LogP contribution in [0.5, 0.6) is 0 Å². The van der Waals surface area contributed by atoms with Crippen molar-refractivity contribution in [3.05, 3.63) is 66.5 Å². The largest absolute Gasteiger partial charge is 0.375 e. The Bertz CT molecular complexity index is 574. The first-order valence-electron chi connectivity index (χ1n) is 8.76. The third-order valence-corrected chi connectivity index (χ3v) is 4.58. The molecule has 1 aromatic rings. The Balaban J connectivity index is 1.76. The minimum Gasteiger partial charge on any atom is -0.375 e. The van der Waals surface area contributed by atoms with E-state index in [0.717, 1.165) is 32.4 Å². The molecule has 1 aromatic carbocycles. The topological polar surface area (TPSA) is 15.3 Å². The Labute approximate surface area is 145 Å². The van der Waals surface area contributed by atoms with Gasteiger partial charge in [-0.3, -0.25) is 0 Å². The number of anilines is 1. The molecule has 0 aliphatic heterocycles. The van der Waals surface area contributed by atoms with Gasteiger partial charge in [0.15, 0.2) is 0 Å². The Kier molecular flexibility index (Phi) is 7.26. The van der Waals surface area contributed by atoms with Crippen LogP contribution in [0.15, 0.2) is 61.0 Å². The number of nitrogens with zero attached hydrogens (tertiary/aromatic N) is 1. The van der Waals surface area contributed by atoms with Gasteiger partial charge in [0.2, 0.25) is 0 Å². The van der Waals surface area contributed by atoms with Gasteiger partial charge < -0.3 is 10.2 Å². The van der Waals surface area contributed by atoms with Crippen molar-refractivity contribution in [3.8, 4) is 0 Å². The molecule has 0 saturated heterocycles. The van der Waals surface area contributed by atoms with Crippen molar-refractivity contribution >= 4 is 5.69 Å². The fraction of sp³-hybridized carbons (Fsp3) is 0.429. The van der Waals surface area contributed by atoms with Crippen LogP contribution in [-0.4, -0.2) is 26.2 Å². The minimum atomic E-state index is -0.113. The van der Waals surface area contributed by atoms with Crippen LogP contribution in [0.3, 0.4) is 0 Å². The standard InChI is InChI=1S/C21H29FN2/c1-4-20(23-16-18-6-5-7-19(22)11-10-18)14-15-24(3)21-12-8-17(2)9-13-21/h4,7-13,18,20,23H,1,5-6,14-16H2,2-3H3/t18?,20-/m1/s1. The number of hydrogen-bond donors (Lipinski definition) is 1. The van der Waals surface area contributed by atoms with Crippen molar-refractivity contribution in [1.29, 1.82) is 0 Å². The Morgan fingerprint density at radius 2 is 2.12 bits per heavy atom. The molecule has 1 N–H and O–H groups in total. The van der Waals surface area contributed by atoms with Gasteiger partial charge in [0, 0.05) is 31.9 Å². The molecule has 0 spiro atoms. The van der Waals surface area contributed by atoms with Crippen LogP contribution in [0.25, 0.3) is 0 Å². The quantitative estimate of drug-likeness (QED) is 0.691. The Morgan fingerprint density at radius 1 is 1.38 bits per heavy atom. The van der Waals surface area contributed by atoms with E-state index < -0.39 is 0 Å². The molecule has 1 unspecified atom stereocenters. The monoisotopic (exact) mass is 328 g/mol. The Hall–Kier alpha value is -1.87. The van der Waals surface area contributed by atoms with E-state index in [2.05, 4.69) is 55.0 Å². The van der Waals surface area contributed by atoms with Gasteiger partial charge >= 0.3 is 0 Å². The first kappa shape index (κ1) is 18.5. The fourth-order valence-corrected chi connectivity index (χ4v) is 2.86. The third kappa shape index (κ3) is 5.97. The first-order valence-corrected chi connectivity index (χ1v) is 8.76. The van der Waals surface area contributed by atoms with Crippen molar-refractivity contribution in [2.75, 3.05) is 25.0 Å². The maximum atomic E-state index is 13.2. The predicted octanol–water partition coefficient (Wildman–Crippen LogP) is 4.79. The molecule has 24 heavy (non-hydrogen) atoms. The highest BCUT2D eigenvalue weighted by atomic mass is 19.1. The van der Waals surface area contributed by atoms with Crippen molar-refractivity contribution in [2.24, 2.45) is 5.92 Å². The zero-order chi connectivity index (χ0) is 17.4. The lowest BCUT2D eigenvalue weighted by Gasteiger charge is -2.23. The molecule has 0 saturated carbocycles. The summed E-state index contributed by atoms with van der Waals surface area (Å²) >= 11 is 0. The molecule has 0 heterocycles. The molecule has 3 heteroatoms. The maximum Gasteiger partial charge on any atom is 0.118 e. The zero-order valence-corrected chi connectivity index (χ0v) is 14.8. The molecule has 0 fully saturated rings. The van der Waals surface area contributed by atoms with Crippen LogP contribution in [0.2, 0.25) is 0 Å². The number of nitrogens with one attached hydrogen (secondary N) is 1. The van der Waals surface area contributed by atoms with Gasteiger partial charge in [0.05, 0.1) is 0 Å². The lowest BCUT2D eigenvalue weighted by molar-refractivity contribution is 0.481. The van der Waals surface area contributed by atoms with Crippen molar-refractivity contribution < 1.29 is 4.39 Å². The maximum absolute atomic E-state index is 13.2. The molecule has 0 aromatic heterocycles. The molecule has 2 nitrogen and oxygen atoms in total. The van der Waals surface area contributed by atoms with E-state index in [1.165, 1.54) is 11.3 Å². The van der Waals surface area contributed by atoms with Crippen LogP contribution in [0.1, 0.15) is 24.8 Å². The van der Waals surface area contributed by atoms with Gasteiger partial charge in [-0.1, -0.05) is 29.8 Å². The van der Waals surface area contributed by atoms with Crippen LogP contribution >= 0.6 is 0 Å². The summed E-state index contributed by atoms with van der Waals surface area (Å²) in [5, 5.41) is 3.56. The predicted molar refractivity (Wildman–Crippen MR) is 102 cm³/mol. The van der Waals surface area contributed by atoms with Gasteiger partial charge in [-0.15, -0.1) is 6.58 Å². The summed E-state index contributed by atoms with van der Waals surface area (Å²) in [6, 6.07) is 8.86. The van der Waals surface area contributed by atoms with E-state index in [1.54, 1.807) is 12.2 Å². The highest BCUT2D eigenvalue weighted by Gasteiger charge is 2.11. The second-order valence-corrected chi connectivity index (χ2v) is 6.58. The summed E-state index contributed by atoms with van der Waals surface area (Å²) < 4.78 is 13.2. The van der Waals surface area contributed by atoms with Gasteiger partial charge in [0.25, 0.3) is 0 Å². The van der Waals surface area contributed by atoms with E-state index in [0.29, 0.717) is 5.92 Å². The summed E-state index contributed by atoms with van der Waals surface area (Å²) in [4.78, 5) is 2.27. The van der Waals surface area contributed by atoms with Crippen molar-refractivity contribution in [2.45, 2.75) is 32.2 Å². The minimum absolute atomic E-state index is 0.113. The molecule has 0 bridgehead atoms. The van der Waals surface area contributed by atoms with Crippen LogP contribution in [0, 0.1) is 12.8 Å². The van der Waals surface area contributed by atoms with Crippen LogP contribution < -0.4 is 10.2 Å². The molecule has 0 amide bonds. The number of halogens is 1. The van der Waals surface area contributed by atoms with E-state index in [9.17, 15) is 4.39 Å². The van der Waals surface area contributed by atoms with Crippen molar-refractivity contribution in [3.63, 3.8) is 0 Å². The lowest BCUT2D eigenvalue weighted by Crippen LogP contribution is -2.34. The second-order valence-electron chi connectivity index (χ2n) is 6.58. The number of rotatable bonds is 8. The average molecular weight is 328 g/mol. The molecular weight excluding hydrogens is 299 g/mol. The SMILES string of the molecule is C=C[C@H](CCN(C)c1ccc(C)cc1)NCC1C=CC(F)=CCC1. The van der Waals surface area contributed by atoms with E-state index in [-0.39, 0.29) is 11.9 Å². The van der Waals surface area contributed by atoms with E-state index in [1.807, 2.05) is 12.2 Å². The normalized spacial score (nSPS) is 18.6. The number of hydrogen-bond acceptors (Lipinski definition) is 2. The highest BCUT2D eigenvalue weighted by molar-refractivity contribution is 5.46. The summed E-state index contributed by atoms with van der Waals surface area (Å²) in [5.41, 5.74) is 2.51. The van der Waals surface area contributed by atoms with E-state index >= 15 is 0 Å². The molecule has 130 valence electrons. The highest BCUT2D eigenvalue weighted by Crippen LogP contribution is 2.17. The van der Waals surface area contributed by atoms with Gasteiger partial charge in [-0.05, 0) is 56.4 Å². The van der Waals surface area contributed by atoms with Gasteiger partial charge in [-0.2, -0.15) is 0 Å². The van der Waals surface area contributed by atoms with Crippen molar-refractivity contribution in [1.82, 2.24) is 5.32 Å². The van der Waals surface area contributed by atoms with Crippen LogP contribution in [-0.2, 0) is 0 Å². The average Bonchev–Trinajstić information content (AvgIpc) is 2.80. The zero-order valence-electron chi connectivity index (χ0n) is 14.8. The summed E-state index contributed by atoms with van der Waals surface area (Å²) in [6.45, 7) is 7.88. The first-order chi connectivity index (χ1) is 11.6. The smallest absolute Gasteiger partial charge is 0.118 e. The molecule has 0 radical (unpaired) electrons. The second kappa shape index (κ2) is 9.43. The number of aryl methyl sites for hydroxylation is 1. The van der Waals surface area contributed by atoms with Crippen LogP contribution in [0.4, 0.5) is 10.1 Å². The van der Waals surface area contributed by atoms with E-state index in [4.69, 9.17) is 0 Å². The molecule has 2 atom stereocenters. The lowest BCUT2D eigenvalue weighted by atomic mass is 10.0. The summed E-state index contributed by atoms with van der Waals surface area (Å²) in [6.07, 6.45) is 10.00. The Morgan fingerprint density at radius 3 is 2.83 bits per heavy atom. The van der Waals surface area contributed by atoms with Gasteiger partial charge in [0.1, 0.15) is 5.83 Å². The number of allylic oxidation sites excluding steroid dienone is 3. The summed E-state index contributed by atoms with van der Waals surface area (Å²) in [5.74, 6) is 0.268. The molecular formula is C21H29FN2. The molecule has 1 aliphatic carbocycles. The molecule has 2 rings (SSSR count). The fourth-order valence-electron chi connectivity index (χ4n) is 2.86.